The Balaban J connectivity index is 1.40. The summed E-state index contributed by atoms with van der Waals surface area (Å²) in [4.78, 5) is 28.7. The zero-order valence-corrected chi connectivity index (χ0v) is 18.2. The molecule has 0 atom stereocenters. The lowest BCUT2D eigenvalue weighted by molar-refractivity contribution is -0.132. The lowest BCUT2D eigenvalue weighted by atomic mass is 10.2. The fourth-order valence-electron chi connectivity index (χ4n) is 3.26. The van der Waals surface area contributed by atoms with Crippen molar-refractivity contribution in [2.24, 2.45) is 0 Å². The fourth-order valence-corrected chi connectivity index (χ4v) is 3.90. The summed E-state index contributed by atoms with van der Waals surface area (Å²) in [5.41, 5.74) is 1.37. The van der Waals surface area contributed by atoms with Gasteiger partial charge >= 0.3 is 0 Å². The number of halogens is 3. The van der Waals surface area contributed by atoms with Gasteiger partial charge in [-0.15, -0.1) is 0 Å². The van der Waals surface area contributed by atoms with Crippen LogP contribution in [0, 0.1) is 5.82 Å². The first-order valence-corrected chi connectivity index (χ1v) is 10.6. The Kier molecular flexibility index (Phi) is 7.64. The minimum Gasteiger partial charge on any atom is -0.351 e. The third kappa shape index (κ3) is 6.26. The van der Waals surface area contributed by atoms with Crippen LogP contribution in [0.1, 0.15) is 22.3 Å². The smallest absolute Gasteiger partial charge is 0.252 e. The molecule has 0 saturated carbocycles. The van der Waals surface area contributed by atoms with Gasteiger partial charge in [0.1, 0.15) is 5.82 Å². The SMILES string of the molecule is O=C(NCCC(=O)N1CCN(Cc2cccc(Cl)c2)CC1)c1cc(F)ccc1Br. The number of carbonyl (C=O) groups excluding carboxylic acids is 2. The van der Waals surface area contributed by atoms with E-state index in [9.17, 15) is 14.0 Å². The lowest BCUT2D eigenvalue weighted by Gasteiger charge is -2.34. The molecule has 1 aliphatic heterocycles. The summed E-state index contributed by atoms with van der Waals surface area (Å²) in [7, 11) is 0. The van der Waals surface area contributed by atoms with Crippen molar-refractivity contribution in [1.29, 1.82) is 0 Å². The van der Waals surface area contributed by atoms with Gasteiger partial charge in [-0.2, -0.15) is 0 Å². The van der Waals surface area contributed by atoms with Gasteiger partial charge in [-0.25, -0.2) is 4.39 Å². The normalized spacial score (nSPS) is 14.7. The second-order valence-corrected chi connectivity index (χ2v) is 8.21. The first-order chi connectivity index (χ1) is 13.9. The summed E-state index contributed by atoms with van der Waals surface area (Å²) in [6, 6.07) is 11.7. The number of piperazine rings is 1. The summed E-state index contributed by atoms with van der Waals surface area (Å²) in [5, 5.41) is 3.40. The van der Waals surface area contributed by atoms with E-state index in [2.05, 4.69) is 26.1 Å². The second-order valence-electron chi connectivity index (χ2n) is 6.92. The highest BCUT2D eigenvalue weighted by molar-refractivity contribution is 9.10. The van der Waals surface area contributed by atoms with Crippen LogP contribution in [-0.4, -0.2) is 54.3 Å². The van der Waals surface area contributed by atoms with Crippen LogP contribution in [0.5, 0.6) is 0 Å². The van der Waals surface area contributed by atoms with E-state index in [4.69, 9.17) is 11.6 Å². The van der Waals surface area contributed by atoms with Crippen LogP contribution in [0.15, 0.2) is 46.9 Å². The lowest BCUT2D eigenvalue weighted by Crippen LogP contribution is -2.48. The molecule has 3 rings (SSSR count). The Morgan fingerprint density at radius 3 is 2.59 bits per heavy atom. The van der Waals surface area contributed by atoms with Crippen LogP contribution in [0.3, 0.4) is 0 Å². The summed E-state index contributed by atoms with van der Waals surface area (Å²) >= 11 is 9.26. The molecule has 154 valence electrons. The Bertz CT molecular complexity index is 888. The zero-order chi connectivity index (χ0) is 20.8. The topological polar surface area (TPSA) is 52.7 Å². The quantitative estimate of drug-likeness (QED) is 0.683. The Morgan fingerprint density at radius 2 is 1.86 bits per heavy atom. The van der Waals surface area contributed by atoms with Crippen molar-refractivity contribution < 1.29 is 14.0 Å². The minimum atomic E-state index is -0.481. The first-order valence-electron chi connectivity index (χ1n) is 9.40. The van der Waals surface area contributed by atoms with Gasteiger partial charge in [0.2, 0.25) is 5.91 Å². The molecule has 8 heteroatoms. The highest BCUT2D eigenvalue weighted by atomic mass is 79.9. The van der Waals surface area contributed by atoms with Crippen molar-refractivity contribution in [3.63, 3.8) is 0 Å². The average molecular weight is 483 g/mol. The standard InChI is InChI=1S/C21H22BrClFN3O2/c22-19-5-4-17(24)13-18(19)21(29)25-7-6-20(28)27-10-8-26(9-11-27)14-15-2-1-3-16(23)12-15/h1-5,12-13H,6-11,14H2,(H,25,29). The van der Waals surface area contributed by atoms with Crippen LogP contribution >= 0.6 is 27.5 Å². The molecule has 1 aliphatic rings. The van der Waals surface area contributed by atoms with E-state index in [1.807, 2.05) is 29.2 Å². The molecule has 0 spiro atoms. The van der Waals surface area contributed by atoms with Gasteiger partial charge in [-0.1, -0.05) is 23.7 Å². The fraction of sp³-hybridized carbons (Fsp3) is 0.333. The molecule has 1 heterocycles. The molecule has 29 heavy (non-hydrogen) atoms. The summed E-state index contributed by atoms with van der Waals surface area (Å²) in [6.07, 6.45) is 0.215. The Labute approximate surface area is 182 Å². The maximum Gasteiger partial charge on any atom is 0.252 e. The molecule has 1 fully saturated rings. The predicted molar refractivity (Wildman–Crippen MR) is 114 cm³/mol. The molecule has 5 nitrogen and oxygen atoms in total. The molecule has 1 N–H and O–H groups in total. The predicted octanol–water partition coefficient (Wildman–Crippen LogP) is 3.71. The van der Waals surface area contributed by atoms with Gasteiger partial charge in [0, 0.05) is 55.2 Å². The molecule has 0 aromatic heterocycles. The number of nitrogens with zero attached hydrogens (tertiary/aromatic N) is 2. The molecular weight excluding hydrogens is 461 g/mol. The highest BCUT2D eigenvalue weighted by Gasteiger charge is 2.21. The van der Waals surface area contributed by atoms with E-state index < -0.39 is 11.7 Å². The highest BCUT2D eigenvalue weighted by Crippen LogP contribution is 2.18. The van der Waals surface area contributed by atoms with Crippen molar-refractivity contribution >= 4 is 39.3 Å². The van der Waals surface area contributed by atoms with E-state index >= 15 is 0 Å². The first kappa shape index (κ1) is 21.7. The molecule has 0 aliphatic carbocycles. The summed E-state index contributed by atoms with van der Waals surface area (Å²) in [6.45, 7) is 3.91. The maximum absolute atomic E-state index is 13.3. The molecule has 2 aromatic rings. The number of nitrogens with one attached hydrogen (secondary N) is 1. The van der Waals surface area contributed by atoms with Gasteiger partial charge in [-0.3, -0.25) is 14.5 Å². The third-order valence-electron chi connectivity index (χ3n) is 4.82. The number of hydrogen-bond acceptors (Lipinski definition) is 3. The number of amides is 2. The third-order valence-corrected chi connectivity index (χ3v) is 5.74. The van der Waals surface area contributed by atoms with E-state index in [0.29, 0.717) is 17.6 Å². The van der Waals surface area contributed by atoms with Crippen LogP contribution in [0.4, 0.5) is 4.39 Å². The number of benzene rings is 2. The van der Waals surface area contributed by atoms with Crippen LogP contribution in [0.2, 0.25) is 5.02 Å². The van der Waals surface area contributed by atoms with Crippen molar-refractivity contribution in [3.05, 3.63) is 68.9 Å². The molecule has 0 unspecified atom stereocenters. The van der Waals surface area contributed by atoms with Gasteiger partial charge in [0.05, 0.1) is 5.56 Å². The van der Waals surface area contributed by atoms with Crippen molar-refractivity contribution in [3.8, 4) is 0 Å². The van der Waals surface area contributed by atoms with Gasteiger partial charge < -0.3 is 10.2 Å². The number of hydrogen-bond donors (Lipinski definition) is 1. The Hall–Kier alpha value is -1.96. The molecular formula is C21H22BrClFN3O2. The van der Waals surface area contributed by atoms with Gasteiger partial charge in [-0.05, 0) is 51.8 Å². The molecule has 0 radical (unpaired) electrons. The average Bonchev–Trinajstić information content (AvgIpc) is 2.70. The van der Waals surface area contributed by atoms with E-state index in [1.165, 1.54) is 18.2 Å². The number of rotatable bonds is 6. The van der Waals surface area contributed by atoms with Gasteiger partial charge in [0.25, 0.3) is 5.91 Å². The zero-order valence-electron chi connectivity index (χ0n) is 15.8. The number of carbonyl (C=O) groups is 2. The van der Waals surface area contributed by atoms with Gasteiger partial charge in [0.15, 0.2) is 0 Å². The van der Waals surface area contributed by atoms with Crippen molar-refractivity contribution in [2.45, 2.75) is 13.0 Å². The maximum atomic E-state index is 13.3. The van der Waals surface area contributed by atoms with Crippen LogP contribution < -0.4 is 5.32 Å². The largest absolute Gasteiger partial charge is 0.351 e. The van der Waals surface area contributed by atoms with E-state index in [-0.39, 0.29) is 24.4 Å². The molecule has 2 aromatic carbocycles. The molecule has 2 amide bonds. The van der Waals surface area contributed by atoms with Crippen molar-refractivity contribution in [2.75, 3.05) is 32.7 Å². The monoisotopic (exact) mass is 481 g/mol. The summed E-state index contributed by atoms with van der Waals surface area (Å²) in [5.74, 6) is -0.883. The molecule has 1 saturated heterocycles. The summed E-state index contributed by atoms with van der Waals surface area (Å²) < 4.78 is 13.8. The van der Waals surface area contributed by atoms with E-state index in [1.54, 1.807) is 0 Å². The van der Waals surface area contributed by atoms with Crippen LogP contribution in [-0.2, 0) is 11.3 Å². The van der Waals surface area contributed by atoms with Crippen LogP contribution in [0.25, 0.3) is 0 Å². The van der Waals surface area contributed by atoms with Crippen molar-refractivity contribution in [1.82, 2.24) is 15.1 Å². The molecule has 0 bridgehead atoms. The second kappa shape index (κ2) is 10.2. The Morgan fingerprint density at radius 1 is 1.10 bits per heavy atom. The van der Waals surface area contributed by atoms with E-state index in [0.717, 1.165) is 30.2 Å². The minimum absolute atomic E-state index is 0.00557.